The highest BCUT2D eigenvalue weighted by atomic mass is 32.2. The first-order chi connectivity index (χ1) is 7.32. The predicted octanol–water partition coefficient (Wildman–Crippen LogP) is 0.108. The van der Waals surface area contributed by atoms with Gasteiger partial charge < -0.3 is 5.11 Å². The molecule has 1 aromatic rings. The van der Waals surface area contributed by atoms with E-state index < -0.39 is 15.8 Å². The van der Waals surface area contributed by atoms with Gasteiger partial charge in [0.2, 0.25) is 15.0 Å². The van der Waals surface area contributed by atoms with Gasteiger partial charge in [0.05, 0.1) is 11.6 Å². The minimum absolute atomic E-state index is 0.146. The largest absolute Gasteiger partial charge is 0.478 e. The number of rotatable bonds is 2. The monoisotopic (exact) mass is 243 g/mol. The molecule has 0 saturated carbocycles. The molecule has 0 amide bonds. The van der Waals surface area contributed by atoms with Gasteiger partial charge in [-0.25, -0.2) is 23.2 Å². The van der Waals surface area contributed by atoms with E-state index in [2.05, 4.69) is 9.97 Å². The number of hydrogen-bond donors (Lipinski definition) is 1. The molecule has 7 nitrogen and oxygen atoms in total. The van der Waals surface area contributed by atoms with Crippen LogP contribution in [0, 0.1) is 11.3 Å². The van der Waals surface area contributed by atoms with E-state index in [-0.39, 0.29) is 10.7 Å². The van der Waals surface area contributed by atoms with Crippen molar-refractivity contribution in [3.63, 3.8) is 0 Å². The van der Waals surface area contributed by atoms with Crippen LogP contribution in [0.1, 0.15) is 17.3 Å². The zero-order chi connectivity index (χ0) is 12.8. The third-order valence-corrected chi connectivity index (χ3v) is 2.08. The van der Waals surface area contributed by atoms with Gasteiger partial charge in [0.25, 0.3) is 0 Å². The molecule has 0 atom stereocenters. The van der Waals surface area contributed by atoms with Crippen molar-refractivity contribution in [3.8, 4) is 6.07 Å². The normalized spacial score (nSPS) is 9.56. The van der Waals surface area contributed by atoms with Gasteiger partial charge in [-0.2, -0.15) is 5.26 Å². The lowest BCUT2D eigenvalue weighted by molar-refractivity contribution is 0.0695. The fraction of sp³-hybridized carbons (Fsp3) is 0.250. The second-order valence-corrected chi connectivity index (χ2v) is 4.46. The van der Waals surface area contributed by atoms with E-state index >= 15 is 0 Å². The van der Waals surface area contributed by atoms with Gasteiger partial charge in [-0.1, -0.05) is 0 Å². The molecule has 16 heavy (non-hydrogen) atoms. The molecule has 1 N–H and O–H groups in total. The highest BCUT2D eigenvalue weighted by molar-refractivity contribution is 7.90. The smallest absolute Gasteiger partial charge is 0.338 e. The van der Waals surface area contributed by atoms with E-state index in [4.69, 9.17) is 10.4 Å². The SMILES string of the molecule is CC#N.CS(=O)(=O)c1ncc(C(=O)O)cn1. The number of hydrogen-bond acceptors (Lipinski definition) is 6. The van der Waals surface area contributed by atoms with Crippen molar-refractivity contribution in [1.82, 2.24) is 9.97 Å². The van der Waals surface area contributed by atoms with Crippen LogP contribution in [0.4, 0.5) is 0 Å². The molecule has 0 fully saturated rings. The van der Waals surface area contributed by atoms with Crippen molar-refractivity contribution in [3.05, 3.63) is 18.0 Å². The zero-order valence-electron chi connectivity index (χ0n) is 8.58. The fourth-order valence-corrected chi connectivity index (χ4v) is 1.11. The molecule has 0 aliphatic carbocycles. The minimum atomic E-state index is -3.46. The van der Waals surface area contributed by atoms with Crippen molar-refractivity contribution < 1.29 is 18.3 Å². The molecule has 1 rings (SSSR count). The Hall–Kier alpha value is -2.01. The maximum atomic E-state index is 10.8. The highest BCUT2D eigenvalue weighted by Crippen LogP contribution is 2.01. The number of aromatic nitrogens is 2. The van der Waals surface area contributed by atoms with Crippen LogP contribution in [-0.4, -0.2) is 35.7 Å². The Kier molecular flexibility index (Phi) is 5.05. The van der Waals surface area contributed by atoms with Gasteiger partial charge in [0.15, 0.2) is 0 Å². The average Bonchev–Trinajstić information content (AvgIpc) is 2.18. The summed E-state index contributed by atoms with van der Waals surface area (Å²) in [6, 6.07) is 1.75. The van der Waals surface area contributed by atoms with E-state index in [0.717, 1.165) is 18.6 Å². The lowest BCUT2D eigenvalue weighted by Crippen LogP contribution is -2.06. The zero-order valence-corrected chi connectivity index (χ0v) is 9.39. The Bertz CT molecular complexity index is 501. The molecular formula is C8H9N3O4S. The molecule has 0 saturated heterocycles. The lowest BCUT2D eigenvalue weighted by Gasteiger charge is -1.95. The number of carbonyl (C=O) groups is 1. The van der Waals surface area contributed by atoms with Crippen LogP contribution in [-0.2, 0) is 9.84 Å². The number of carboxylic acids is 1. The Morgan fingerprint density at radius 3 is 2.06 bits per heavy atom. The van der Waals surface area contributed by atoms with Crippen molar-refractivity contribution in [1.29, 1.82) is 5.26 Å². The van der Waals surface area contributed by atoms with Gasteiger partial charge >= 0.3 is 5.97 Å². The summed E-state index contributed by atoms with van der Waals surface area (Å²) in [5.74, 6) is -1.19. The molecule has 0 radical (unpaired) electrons. The average molecular weight is 243 g/mol. The first-order valence-electron chi connectivity index (χ1n) is 3.89. The number of sulfone groups is 1. The number of nitriles is 1. The topological polar surface area (TPSA) is 121 Å². The first kappa shape index (κ1) is 14.0. The summed E-state index contributed by atoms with van der Waals surface area (Å²) in [5.41, 5.74) is -0.146. The van der Waals surface area contributed by atoms with Crippen LogP contribution in [0.25, 0.3) is 0 Å². The van der Waals surface area contributed by atoms with Gasteiger partial charge in [-0.05, 0) is 0 Å². The summed E-state index contributed by atoms with van der Waals surface area (Å²) in [6.45, 7) is 1.43. The summed E-state index contributed by atoms with van der Waals surface area (Å²) < 4.78 is 21.7. The van der Waals surface area contributed by atoms with E-state index in [0.29, 0.717) is 0 Å². The maximum Gasteiger partial charge on any atom is 0.338 e. The molecule has 0 bridgehead atoms. The number of nitrogens with zero attached hydrogens (tertiary/aromatic N) is 3. The second-order valence-electron chi connectivity index (χ2n) is 2.56. The van der Waals surface area contributed by atoms with Crippen LogP contribution in [0.5, 0.6) is 0 Å². The van der Waals surface area contributed by atoms with Gasteiger partial charge in [0, 0.05) is 25.6 Å². The molecular weight excluding hydrogens is 234 g/mol. The van der Waals surface area contributed by atoms with Gasteiger partial charge in [-0.3, -0.25) is 0 Å². The third-order valence-electron chi connectivity index (χ3n) is 1.21. The summed E-state index contributed by atoms with van der Waals surface area (Å²) in [7, 11) is -3.46. The summed E-state index contributed by atoms with van der Waals surface area (Å²) in [6.07, 6.45) is 2.85. The first-order valence-corrected chi connectivity index (χ1v) is 5.78. The minimum Gasteiger partial charge on any atom is -0.478 e. The Labute approximate surface area is 92.3 Å². The summed E-state index contributed by atoms with van der Waals surface area (Å²) in [5, 5.41) is 15.4. The Morgan fingerprint density at radius 1 is 1.44 bits per heavy atom. The maximum absolute atomic E-state index is 10.8. The molecule has 8 heteroatoms. The molecule has 86 valence electrons. The Morgan fingerprint density at radius 2 is 1.81 bits per heavy atom. The van der Waals surface area contributed by atoms with Crippen LogP contribution in [0.2, 0.25) is 0 Å². The predicted molar refractivity (Wildman–Crippen MR) is 53.4 cm³/mol. The molecule has 0 aliphatic rings. The van der Waals surface area contributed by atoms with Gasteiger partial charge in [-0.15, -0.1) is 0 Å². The summed E-state index contributed by atoms with van der Waals surface area (Å²) >= 11 is 0. The molecule has 0 aromatic carbocycles. The third kappa shape index (κ3) is 4.47. The molecule has 0 spiro atoms. The number of carboxylic acid groups (broad SMARTS) is 1. The van der Waals surface area contributed by atoms with Gasteiger partial charge in [0.1, 0.15) is 0 Å². The van der Waals surface area contributed by atoms with E-state index in [9.17, 15) is 13.2 Å². The van der Waals surface area contributed by atoms with Crippen LogP contribution in [0.15, 0.2) is 17.6 Å². The van der Waals surface area contributed by atoms with Crippen LogP contribution in [0.3, 0.4) is 0 Å². The highest BCUT2D eigenvalue weighted by Gasteiger charge is 2.11. The van der Waals surface area contributed by atoms with E-state index in [1.54, 1.807) is 6.07 Å². The molecule has 1 aromatic heterocycles. The van der Waals surface area contributed by atoms with E-state index in [1.807, 2.05) is 0 Å². The fourth-order valence-electron chi connectivity index (χ4n) is 0.618. The van der Waals surface area contributed by atoms with Crippen LogP contribution < -0.4 is 0 Å². The van der Waals surface area contributed by atoms with Crippen LogP contribution >= 0.6 is 0 Å². The van der Waals surface area contributed by atoms with E-state index in [1.165, 1.54) is 6.92 Å². The standard InChI is InChI=1S/C6H6N2O4S.C2H3N/c1-13(11,12)6-7-2-4(3-8-6)5(9)10;1-2-3/h2-3H,1H3,(H,9,10);1H3. The van der Waals surface area contributed by atoms with Crippen molar-refractivity contribution in [2.45, 2.75) is 12.1 Å². The lowest BCUT2D eigenvalue weighted by atomic mass is 10.4. The molecule has 0 unspecified atom stereocenters. The summed E-state index contributed by atoms with van der Waals surface area (Å²) in [4.78, 5) is 17.1. The molecule has 1 heterocycles. The number of aromatic carboxylic acids is 1. The van der Waals surface area contributed by atoms with Crippen molar-refractivity contribution in [2.75, 3.05) is 6.26 Å². The quantitative estimate of drug-likeness (QED) is 0.731. The molecule has 0 aliphatic heterocycles. The van der Waals surface area contributed by atoms with Crippen molar-refractivity contribution >= 4 is 15.8 Å². The Balaban J connectivity index is 0.000000673. The second kappa shape index (κ2) is 5.77. The van der Waals surface area contributed by atoms with Crippen molar-refractivity contribution in [2.24, 2.45) is 0 Å².